The van der Waals surface area contributed by atoms with E-state index < -0.39 is 12.2 Å². The highest BCUT2D eigenvalue weighted by Gasteiger charge is 2.30. The lowest BCUT2D eigenvalue weighted by atomic mass is 9.95. The van der Waals surface area contributed by atoms with Crippen LogP contribution in [0, 0.1) is 0 Å². The maximum Gasteiger partial charge on any atom is 0.161 e. The lowest BCUT2D eigenvalue weighted by Gasteiger charge is -2.21. The zero-order chi connectivity index (χ0) is 43.8. The fraction of sp³-hybridized carbons (Fsp3) is 0.478. The van der Waals surface area contributed by atoms with Gasteiger partial charge in [0.1, 0.15) is 48.6 Å². The number of rotatable bonds is 22. The number of hydrogen-bond acceptors (Lipinski definition) is 14. The SMILES string of the molecule is CNCC(O)COc1cccc(-c2cc(N[C@H]3COC(CC(C)c4cnn5c(N(C)CCOC)cc(-c6cccc(OCC(O)CNC)c6)nc45)C3)n3ncc(C(C)C)c3n2)c1. The van der Waals surface area contributed by atoms with Crippen LogP contribution in [0.1, 0.15) is 56.6 Å². The summed E-state index contributed by atoms with van der Waals surface area (Å²) in [7, 11) is 7.33. The summed E-state index contributed by atoms with van der Waals surface area (Å²) in [6.45, 7) is 9.53. The molecule has 0 saturated carbocycles. The fourth-order valence-electron chi connectivity index (χ4n) is 7.88. The largest absolute Gasteiger partial charge is 0.491 e. The maximum absolute atomic E-state index is 10.2. The summed E-state index contributed by atoms with van der Waals surface area (Å²) in [5, 5.41) is 39.8. The molecule has 1 aliphatic heterocycles. The van der Waals surface area contributed by atoms with Gasteiger partial charge in [-0.25, -0.2) is 9.97 Å². The van der Waals surface area contributed by atoms with Gasteiger partial charge in [0.15, 0.2) is 11.3 Å². The topological polar surface area (TPSA) is 177 Å². The van der Waals surface area contributed by atoms with Gasteiger partial charge in [-0.1, -0.05) is 45.0 Å². The van der Waals surface area contributed by atoms with Gasteiger partial charge in [-0.2, -0.15) is 19.2 Å². The zero-order valence-electron chi connectivity index (χ0n) is 36.9. The first-order valence-electron chi connectivity index (χ1n) is 21.5. The average molecular weight is 851 g/mol. The van der Waals surface area contributed by atoms with Gasteiger partial charge in [0.2, 0.25) is 0 Å². The molecule has 332 valence electrons. The Morgan fingerprint density at radius 2 is 1.42 bits per heavy atom. The summed E-state index contributed by atoms with van der Waals surface area (Å²) in [4.78, 5) is 12.4. The molecule has 5 N–H and O–H groups in total. The fourth-order valence-corrected chi connectivity index (χ4v) is 7.88. The van der Waals surface area contributed by atoms with Crippen LogP contribution in [0.4, 0.5) is 11.6 Å². The number of aliphatic hydroxyl groups excluding tert-OH is 2. The second-order valence-electron chi connectivity index (χ2n) is 16.5. The number of aromatic nitrogens is 6. The van der Waals surface area contributed by atoms with E-state index in [-0.39, 0.29) is 37.2 Å². The van der Waals surface area contributed by atoms with Crippen molar-refractivity contribution >= 4 is 22.9 Å². The quantitative estimate of drug-likeness (QED) is 0.0618. The van der Waals surface area contributed by atoms with E-state index in [1.54, 1.807) is 21.2 Å². The van der Waals surface area contributed by atoms with Gasteiger partial charge in [-0.15, -0.1) is 0 Å². The van der Waals surface area contributed by atoms with Gasteiger partial charge < -0.3 is 50.0 Å². The van der Waals surface area contributed by atoms with E-state index in [4.69, 9.17) is 39.1 Å². The van der Waals surface area contributed by atoms with E-state index >= 15 is 0 Å². The first-order chi connectivity index (χ1) is 30.0. The van der Waals surface area contributed by atoms with Crippen molar-refractivity contribution in [2.24, 2.45) is 0 Å². The maximum atomic E-state index is 10.2. The van der Waals surface area contributed by atoms with E-state index in [9.17, 15) is 10.2 Å². The molecule has 62 heavy (non-hydrogen) atoms. The number of ether oxygens (including phenoxy) is 4. The minimum atomic E-state index is -0.621. The van der Waals surface area contributed by atoms with Crippen molar-refractivity contribution in [1.82, 2.24) is 39.8 Å². The molecule has 16 nitrogen and oxygen atoms in total. The summed E-state index contributed by atoms with van der Waals surface area (Å²) in [6.07, 6.45) is 4.19. The summed E-state index contributed by atoms with van der Waals surface area (Å²) < 4.78 is 27.6. The Kier molecular flexibility index (Phi) is 14.9. The van der Waals surface area contributed by atoms with Crippen LogP contribution in [-0.2, 0) is 9.47 Å². The number of likely N-dealkylation sites (N-methyl/N-ethyl adjacent to an activating group) is 3. The summed E-state index contributed by atoms with van der Waals surface area (Å²) in [6, 6.07) is 19.7. The molecule has 1 aliphatic rings. The highest BCUT2D eigenvalue weighted by Crippen LogP contribution is 2.35. The molecule has 5 atom stereocenters. The molecule has 1 saturated heterocycles. The Morgan fingerprint density at radius 3 is 2.03 bits per heavy atom. The number of methoxy groups -OCH3 is 1. The van der Waals surface area contributed by atoms with E-state index in [1.807, 2.05) is 89.1 Å². The number of nitrogens with zero attached hydrogens (tertiary/aromatic N) is 7. The Hall–Kier alpha value is -5.36. The monoisotopic (exact) mass is 850 g/mol. The minimum Gasteiger partial charge on any atom is -0.491 e. The molecule has 0 amide bonds. The lowest BCUT2D eigenvalue weighted by molar-refractivity contribution is 0.0986. The van der Waals surface area contributed by atoms with Crippen molar-refractivity contribution in [1.29, 1.82) is 0 Å². The number of benzene rings is 2. The van der Waals surface area contributed by atoms with Crippen LogP contribution in [0.15, 0.2) is 73.1 Å². The van der Waals surface area contributed by atoms with Crippen LogP contribution in [0.5, 0.6) is 11.5 Å². The van der Waals surface area contributed by atoms with Crippen molar-refractivity contribution in [3.8, 4) is 34.0 Å². The Balaban J connectivity index is 1.10. The van der Waals surface area contributed by atoms with E-state index in [0.717, 1.165) is 69.4 Å². The van der Waals surface area contributed by atoms with Gasteiger partial charge in [0.25, 0.3) is 0 Å². The molecule has 0 radical (unpaired) electrons. The molecule has 2 aromatic carbocycles. The van der Waals surface area contributed by atoms with Crippen LogP contribution in [0.2, 0.25) is 0 Å². The third kappa shape index (κ3) is 10.6. The zero-order valence-corrected chi connectivity index (χ0v) is 36.9. The highest BCUT2D eigenvalue weighted by molar-refractivity contribution is 5.71. The Bertz CT molecular complexity index is 2390. The van der Waals surface area contributed by atoms with Gasteiger partial charge in [0, 0.05) is 68.2 Å². The lowest BCUT2D eigenvalue weighted by Crippen LogP contribution is -2.29. The molecule has 0 bridgehead atoms. The molecule has 6 aromatic rings. The van der Waals surface area contributed by atoms with Crippen molar-refractivity contribution in [3.05, 3.63) is 84.2 Å². The van der Waals surface area contributed by atoms with Crippen molar-refractivity contribution in [3.63, 3.8) is 0 Å². The molecule has 0 spiro atoms. The second-order valence-corrected chi connectivity index (χ2v) is 16.5. The van der Waals surface area contributed by atoms with Gasteiger partial charge in [-0.3, -0.25) is 0 Å². The molecule has 16 heteroatoms. The van der Waals surface area contributed by atoms with Gasteiger partial charge >= 0.3 is 0 Å². The molecule has 4 unspecified atom stereocenters. The normalized spacial score (nSPS) is 16.9. The molecule has 4 aromatic heterocycles. The minimum absolute atomic E-state index is 0.00398. The van der Waals surface area contributed by atoms with Crippen LogP contribution >= 0.6 is 0 Å². The smallest absolute Gasteiger partial charge is 0.161 e. The van der Waals surface area contributed by atoms with Gasteiger partial charge in [-0.05, 0) is 63.0 Å². The number of anilines is 2. The number of hydrogen-bond donors (Lipinski definition) is 5. The standard InChI is InChI=1S/C46H62N10O6/c1-29(2)39-24-49-55-43(20-41(52-45(39)55)31-10-8-12-36(17-31)61-27-34(57)22-47-4)51-33-19-38(60-26-33)16-30(3)40-25-50-56-44(54(6)14-15-59-7)21-42(53-46(40)56)32-11-9-13-37(18-32)62-28-35(58)23-48-5/h8-13,17-18,20-21,24-25,29-30,33-35,38,47-48,51,57-58H,14-16,19,22-23,26-28H2,1-7H3/t30?,33-,34?,35?,38?/m1/s1. The molecule has 7 rings (SSSR count). The first-order valence-corrected chi connectivity index (χ1v) is 21.5. The van der Waals surface area contributed by atoms with E-state index in [0.29, 0.717) is 44.3 Å². The Labute approximate surface area is 363 Å². The van der Waals surface area contributed by atoms with Crippen LogP contribution < -0.4 is 30.3 Å². The van der Waals surface area contributed by atoms with Crippen molar-refractivity contribution in [2.75, 3.05) is 84.5 Å². The van der Waals surface area contributed by atoms with Crippen LogP contribution in [-0.4, -0.2) is 138 Å². The van der Waals surface area contributed by atoms with Crippen molar-refractivity contribution < 1.29 is 29.2 Å². The second kappa shape index (κ2) is 20.7. The predicted molar refractivity (Wildman–Crippen MR) is 242 cm³/mol. The summed E-state index contributed by atoms with van der Waals surface area (Å²) >= 11 is 0. The van der Waals surface area contributed by atoms with E-state index in [2.05, 4.69) is 41.6 Å². The molecule has 5 heterocycles. The highest BCUT2D eigenvalue weighted by atomic mass is 16.5. The Morgan fingerprint density at radius 1 is 0.823 bits per heavy atom. The number of fused-ring (bicyclic) bond motifs is 2. The third-order valence-corrected chi connectivity index (χ3v) is 11.2. The summed E-state index contributed by atoms with van der Waals surface area (Å²) in [5.41, 5.74) is 7.07. The molecule has 1 fully saturated rings. The third-order valence-electron chi connectivity index (χ3n) is 11.2. The summed E-state index contributed by atoms with van der Waals surface area (Å²) in [5.74, 6) is 3.37. The number of nitrogens with one attached hydrogen (secondary N) is 3. The molecular weight excluding hydrogens is 789 g/mol. The predicted octanol–water partition coefficient (Wildman–Crippen LogP) is 4.99. The molecular formula is C46H62N10O6. The molecule has 0 aliphatic carbocycles. The first kappa shape index (κ1) is 44.7. The van der Waals surface area contributed by atoms with Crippen molar-refractivity contribution in [2.45, 2.75) is 69.8 Å². The average Bonchev–Trinajstić information content (AvgIpc) is 4.03. The van der Waals surface area contributed by atoms with Crippen LogP contribution in [0.3, 0.4) is 0 Å². The van der Waals surface area contributed by atoms with Gasteiger partial charge in [0.05, 0.1) is 49.1 Å². The van der Waals surface area contributed by atoms with E-state index in [1.165, 1.54) is 0 Å². The van der Waals surface area contributed by atoms with Crippen LogP contribution in [0.25, 0.3) is 33.8 Å². The number of aliphatic hydroxyl groups is 2.